The summed E-state index contributed by atoms with van der Waals surface area (Å²) < 4.78 is 18.9. The molecule has 244 valence electrons. The van der Waals surface area contributed by atoms with Gasteiger partial charge in [-0.15, -0.1) is 0 Å². The molecule has 0 bridgehead atoms. The first-order valence-electron chi connectivity index (χ1n) is 17.6. The first-order chi connectivity index (χ1) is 25.7. The number of benzene rings is 6. The maximum Gasteiger partial charge on any atom is 0.330 e. The van der Waals surface area contributed by atoms with Gasteiger partial charge in [-0.25, -0.2) is 9.37 Å². The minimum atomic E-state index is -0.266. The van der Waals surface area contributed by atoms with Crippen LogP contribution in [-0.2, 0) is 0 Å². The molecule has 1 atom stereocenters. The summed E-state index contributed by atoms with van der Waals surface area (Å²) in [6.07, 6.45) is 15.2. The Bertz CT molecular complexity index is 2890. The van der Waals surface area contributed by atoms with Crippen LogP contribution in [0.1, 0.15) is 23.5 Å². The minimum absolute atomic E-state index is 0.200. The van der Waals surface area contributed by atoms with Gasteiger partial charge in [0.15, 0.2) is 0 Å². The highest BCUT2D eigenvalue weighted by Gasteiger charge is 2.26. The van der Waals surface area contributed by atoms with Crippen molar-refractivity contribution in [3.63, 3.8) is 0 Å². The number of halogens is 1. The van der Waals surface area contributed by atoms with Crippen molar-refractivity contribution in [2.45, 2.75) is 12.3 Å². The fraction of sp³-hybridized carbons (Fsp3) is 0.0417. The highest BCUT2D eigenvalue weighted by atomic mass is 19.1. The van der Waals surface area contributed by atoms with Gasteiger partial charge in [-0.3, -0.25) is 4.98 Å². The third-order valence-corrected chi connectivity index (χ3v) is 10.5. The summed E-state index contributed by atoms with van der Waals surface area (Å²) in [5.41, 5.74) is 10.5. The average Bonchev–Trinajstić information content (AvgIpc) is 3.76. The Kier molecular flexibility index (Phi) is 7.09. The molecule has 52 heavy (non-hydrogen) atoms. The molecule has 8 aromatic rings. The van der Waals surface area contributed by atoms with E-state index in [4.69, 9.17) is 4.98 Å². The molecule has 0 amide bonds. The number of aromatic nitrogens is 2. The monoisotopic (exact) mass is 668 g/mol. The average molecular weight is 669 g/mol. The van der Waals surface area contributed by atoms with Gasteiger partial charge in [0.1, 0.15) is 5.82 Å². The zero-order chi connectivity index (χ0) is 34.6. The van der Waals surface area contributed by atoms with Crippen LogP contribution in [0.25, 0.3) is 71.2 Å². The number of hydrogen-bond donors (Lipinski definition) is 0. The minimum Gasteiger partial charge on any atom is -0.264 e. The molecule has 3 nitrogen and oxygen atoms in total. The van der Waals surface area contributed by atoms with E-state index in [1.807, 2.05) is 42.9 Å². The Morgan fingerprint density at radius 1 is 0.635 bits per heavy atom. The van der Waals surface area contributed by atoms with E-state index in [2.05, 4.69) is 125 Å². The first-order valence-corrected chi connectivity index (χ1v) is 17.6. The van der Waals surface area contributed by atoms with Crippen LogP contribution in [0, 0.1) is 5.82 Å². The van der Waals surface area contributed by atoms with E-state index in [9.17, 15) is 4.39 Å². The van der Waals surface area contributed by atoms with E-state index < -0.39 is 0 Å². The lowest BCUT2D eigenvalue weighted by Gasteiger charge is -2.20. The zero-order valence-electron chi connectivity index (χ0n) is 28.2. The van der Waals surface area contributed by atoms with Crippen LogP contribution in [0.5, 0.6) is 0 Å². The molecule has 1 aliphatic carbocycles. The number of nitrogens with zero attached hydrogens (tertiary/aromatic N) is 3. The Labute approximate surface area is 300 Å². The number of pyridine rings is 2. The summed E-state index contributed by atoms with van der Waals surface area (Å²) in [6, 6.07) is 43.4. The Morgan fingerprint density at radius 3 is 2.04 bits per heavy atom. The third kappa shape index (κ3) is 5.00. The van der Waals surface area contributed by atoms with Crippen LogP contribution in [0.2, 0.25) is 0 Å². The van der Waals surface area contributed by atoms with Crippen LogP contribution >= 0.6 is 0 Å². The van der Waals surface area contributed by atoms with Crippen molar-refractivity contribution in [2.24, 2.45) is 0 Å². The van der Waals surface area contributed by atoms with E-state index >= 15 is 0 Å². The second-order valence-electron chi connectivity index (χ2n) is 13.5. The molecule has 2 aromatic heterocycles. The first kappa shape index (κ1) is 30.1. The lowest BCUT2D eigenvalue weighted by molar-refractivity contribution is 0.628. The summed E-state index contributed by atoms with van der Waals surface area (Å²) in [5.74, 6) is -0.0656. The molecule has 2 aliphatic rings. The van der Waals surface area contributed by atoms with Gasteiger partial charge in [0.2, 0.25) is 0 Å². The molecule has 1 unspecified atom stereocenters. The van der Waals surface area contributed by atoms with Gasteiger partial charge in [-0.1, -0.05) is 108 Å². The number of rotatable bonds is 5. The summed E-state index contributed by atoms with van der Waals surface area (Å²) in [6.45, 7) is 0. The van der Waals surface area contributed by atoms with Crippen molar-refractivity contribution in [2.75, 3.05) is 0 Å². The van der Waals surface area contributed by atoms with Crippen molar-refractivity contribution in [3.8, 4) is 22.4 Å². The lowest BCUT2D eigenvalue weighted by atomic mass is 9.82. The second kappa shape index (κ2) is 12.2. The highest BCUT2D eigenvalue weighted by Crippen LogP contribution is 2.44. The Morgan fingerprint density at radius 2 is 1.33 bits per heavy atom. The molecule has 1 aliphatic heterocycles. The highest BCUT2D eigenvalue weighted by molar-refractivity contribution is 6.34. The van der Waals surface area contributed by atoms with Crippen LogP contribution in [0.15, 0.2) is 170 Å². The van der Waals surface area contributed by atoms with Gasteiger partial charge in [0.25, 0.3) is 6.21 Å². The maximum absolute atomic E-state index is 14.3. The number of hydrogen-bond acceptors (Lipinski definition) is 2. The lowest BCUT2D eigenvalue weighted by Crippen LogP contribution is -2.10. The van der Waals surface area contributed by atoms with Gasteiger partial charge in [0, 0.05) is 63.3 Å². The van der Waals surface area contributed by atoms with Gasteiger partial charge in [-0.2, -0.15) is 0 Å². The molecule has 4 heteroatoms. The smallest absolute Gasteiger partial charge is 0.264 e. The van der Waals surface area contributed by atoms with Crippen molar-refractivity contribution in [1.82, 2.24) is 14.6 Å². The van der Waals surface area contributed by atoms with Gasteiger partial charge < -0.3 is 0 Å². The molecular formula is C48H31FN3+. The molecule has 3 heterocycles. The molecule has 6 aromatic carbocycles. The molecular weight excluding hydrogens is 638 g/mol. The number of fused-ring (bicyclic) bond motifs is 8. The van der Waals surface area contributed by atoms with E-state index in [1.165, 1.54) is 45.0 Å². The van der Waals surface area contributed by atoms with Crippen molar-refractivity contribution < 1.29 is 4.39 Å². The van der Waals surface area contributed by atoms with Crippen molar-refractivity contribution in [3.05, 3.63) is 187 Å². The number of para-hydroxylation sites is 1. The quantitative estimate of drug-likeness (QED) is 0.135. The maximum atomic E-state index is 14.3. The molecule has 0 saturated carbocycles. The molecule has 0 N–H and O–H groups in total. The Hall–Kier alpha value is -6.74. The van der Waals surface area contributed by atoms with Crippen LogP contribution in [0.3, 0.4) is 0 Å². The topological polar surface area (TPSA) is 39.9 Å². The summed E-state index contributed by atoms with van der Waals surface area (Å²) >= 11 is 0. The van der Waals surface area contributed by atoms with E-state index in [0.717, 1.165) is 67.1 Å². The van der Waals surface area contributed by atoms with Crippen LogP contribution in [-0.4, -0.2) is 21.9 Å². The molecule has 0 saturated heterocycles. The van der Waals surface area contributed by atoms with Crippen LogP contribution in [0.4, 0.5) is 4.39 Å². The summed E-state index contributed by atoms with van der Waals surface area (Å²) in [7, 11) is 0. The van der Waals surface area contributed by atoms with Crippen LogP contribution < -0.4 is 4.67 Å². The van der Waals surface area contributed by atoms with E-state index in [-0.39, 0.29) is 11.7 Å². The predicted octanol–water partition coefficient (Wildman–Crippen LogP) is 11.2. The van der Waals surface area contributed by atoms with E-state index in [0.29, 0.717) is 0 Å². The fourth-order valence-corrected chi connectivity index (χ4v) is 8.06. The van der Waals surface area contributed by atoms with Gasteiger partial charge in [0.05, 0.1) is 11.2 Å². The summed E-state index contributed by atoms with van der Waals surface area (Å²) in [4.78, 5) is 9.88. The molecule has 0 radical (unpaired) electrons. The molecule has 10 rings (SSSR count). The predicted molar refractivity (Wildman–Crippen MR) is 215 cm³/mol. The van der Waals surface area contributed by atoms with Gasteiger partial charge in [-0.05, 0) is 86.6 Å². The molecule has 0 fully saturated rings. The standard InChI is InChI=1S/C48H31FN3/c49-37-22-20-32(21-23-37)47-46-42-12-4-2-10-40(42)39-9-1-3-11-41(39)45(46)43-14-5-13-38(48(43)52-47)31-18-16-30(17-19-31)34-26-35(33-8-6-24-50-29-33)28-36(27-34)44-15-7-25-51-44/h1-27,29,35H,28H2/q+1. The zero-order valence-corrected chi connectivity index (χ0v) is 28.2. The van der Waals surface area contributed by atoms with Crippen molar-refractivity contribution in [1.29, 1.82) is 0 Å². The van der Waals surface area contributed by atoms with E-state index in [1.54, 1.807) is 0 Å². The Balaban J connectivity index is 1.17. The summed E-state index contributed by atoms with van der Waals surface area (Å²) in [5, 5.41) is 8.01. The second-order valence-corrected chi connectivity index (χ2v) is 13.5. The normalized spacial score (nSPS) is 15.4. The SMILES string of the molecule is Fc1ccc(-c2nc3c(-c4ccc(C5=CC(c6cccnc6)CC(C6=[N+]=CC=C6)=C5)cc4)cccc3c3c4ccccc4c4ccccc4c23)cc1. The van der Waals surface area contributed by atoms with Gasteiger partial charge >= 0.3 is 5.71 Å². The third-order valence-electron chi connectivity index (χ3n) is 10.5. The fourth-order valence-electron chi connectivity index (χ4n) is 8.06. The molecule has 0 spiro atoms. The number of allylic oxidation sites excluding steroid dienone is 6. The van der Waals surface area contributed by atoms with Crippen molar-refractivity contribution >= 4 is 60.7 Å². The largest absolute Gasteiger partial charge is 0.330 e.